The summed E-state index contributed by atoms with van der Waals surface area (Å²) >= 11 is 1.59. The summed E-state index contributed by atoms with van der Waals surface area (Å²) in [6.07, 6.45) is 6.34. The Bertz CT molecular complexity index is 1420. The van der Waals surface area contributed by atoms with Gasteiger partial charge in [0, 0.05) is 29.0 Å². The van der Waals surface area contributed by atoms with E-state index in [2.05, 4.69) is 20.5 Å². The van der Waals surface area contributed by atoms with Crippen LogP contribution in [0.5, 0.6) is 5.75 Å². The van der Waals surface area contributed by atoms with Crippen LogP contribution in [0.4, 0.5) is 14.5 Å². The van der Waals surface area contributed by atoms with Gasteiger partial charge >= 0.3 is 6.61 Å². The lowest BCUT2D eigenvalue weighted by molar-refractivity contribution is -0.0495. The Morgan fingerprint density at radius 2 is 2.06 bits per heavy atom. The lowest BCUT2D eigenvalue weighted by Gasteiger charge is -2.26. The number of amides is 1. The third-order valence-corrected chi connectivity index (χ3v) is 6.96. The van der Waals surface area contributed by atoms with E-state index in [1.54, 1.807) is 53.2 Å². The van der Waals surface area contributed by atoms with Crippen molar-refractivity contribution in [1.82, 2.24) is 24.4 Å². The van der Waals surface area contributed by atoms with Gasteiger partial charge in [0.2, 0.25) is 0 Å². The van der Waals surface area contributed by atoms with Crippen molar-refractivity contribution in [2.45, 2.75) is 22.8 Å². The summed E-state index contributed by atoms with van der Waals surface area (Å²) in [5.41, 5.74) is 1.64. The monoisotopic (exact) mass is 514 g/mol. The van der Waals surface area contributed by atoms with E-state index < -0.39 is 12.5 Å². The number of anilines is 1. The molecule has 0 atom stereocenters. The number of thioether (sulfide) groups is 1. The molecule has 36 heavy (non-hydrogen) atoms. The number of rotatable bonds is 8. The summed E-state index contributed by atoms with van der Waals surface area (Å²) in [7, 11) is 0. The Hall–Kier alpha value is -3.55. The lowest BCUT2D eigenvalue weighted by atomic mass is 10.1. The Morgan fingerprint density at radius 3 is 2.78 bits per heavy atom. The van der Waals surface area contributed by atoms with Crippen molar-refractivity contribution >= 4 is 29.0 Å². The van der Waals surface area contributed by atoms with Gasteiger partial charge in [-0.1, -0.05) is 0 Å². The molecule has 186 valence electrons. The second kappa shape index (κ2) is 9.48. The van der Waals surface area contributed by atoms with Crippen LogP contribution >= 0.6 is 11.8 Å². The van der Waals surface area contributed by atoms with Gasteiger partial charge in [-0.3, -0.25) is 9.48 Å². The molecule has 2 aliphatic heterocycles. The molecule has 0 unspecified atom stereocenters. The van der Waals surface area contributed by atoms with Gasteiger partial charge in [-0.2, -0.15) is 19.0 Å². The first-order chi connectivity index (χ1) is 17.5. The van der Waals surface area contributed by atoms with E-state index in [4.69, 9.17) is 14.2 Å². The summed E-state index contributed by atoms with van der Waals surface area (Å²) < 4.78 is 45.0. The average Bonchev–Trinajstić information content (AvgIpc) is 3.40. The second-order valence-electron chi connectivity index (χ2n) is 8.28. The number of fused-ring (bicyclic) bond motifs is 1. The van der Waals surface area contributed by atoms with Crippen molar-refractivity contribution < 1.29 is 27.8 Å². The molecule has 0 bridgehead atoms. The SMILES string of the molecule is O=C(Nc1cn(C2COC2)nc1-c1cc(SC2COC2)ccc1OC(F)F)c1cnn2cccnc12. The van der Waals surface area contributed by atoms with Gasteiger partial charge in [0.05, 0.1) is 49.6 Å². The van der Waals surface area contributed by atoms with Crippen LogP contribution in [-0.2, 0) is 9.47 Å². The number of alkyl halides is 2. The van der Waals surface area contributed by atoms with Gasteiger partial charge in [-0.05, 0) is 24.3 Å². The zero-order chi connectivity index (χ0) is 24.6. The average molecular weight is 515 g/mol. The van der Waals surface area contributed by atoms with Gasteiger partial charge < -0.3 is 19.5 Å². The Balaban J connectivity index is 1.39. The number of hydrogen-bond donors (Lipinski definition) is 1. The molecule has 1 amide bonds. The number of aromatic nitrogens is 5. The predicted octanol–water partition coefficient (Wildman–Crippen LogP) is 3.51. The van der Waals surface area contributed by atoms with Gasteiger partial charge in [0.15, 0.2) is 5.65 Å². The maximum atomic E-state index is 13.3. The highest BCUT2D eigenvalue weighted by Gasteiger charge is 2.27. The predicted molar refractivity (Wildman–Crippen MR) is 126 cm³/mol. The molecule has 3 aromatic heterocycles. The fourth-order valence-electron chi connectivity index (χ4n) is 3.86. The van der Waals surface area contributed by atoms with Crippen molar-refractivity contribution in [2.24, 2.45) is 0 Å². The van der Waals surface area contributed by atoms with Crippen LogP contribution in [0.2, 0.25) is 0 Å². The van der Waals surface area contributed by atoms with E-state index in [0.29, 0.717) is 49.0 Å². The summed E-state index contributed by atoms with van der Waals surface area (Å²) in [5, 5.41) is 12.0. The van der Waals surface area contributed by atoms with Crippen LogP contribution in [0.15, 0.2) is 53.9 Å². The van der Waals surface area contributed by atoms with E-state index in [1.165, 1.54) is 16.8 Å². The minimum atomic E-state index is -3.02. The minimum Gasteiger partial charge on any atom is -0.434 e. The Morgan fingerprint density at radius 1 is 1.22 bits per heavy atom. The molecule has 2 saturated heterocycles. The molecule has 1 N–H and O–H groups in total. The normalized spacial score (nSPS) is 16.2. The third kappa shape index (κ3) is 4.40. The van der Waals surface area contributed by atoms with Gasteiger partial charge in [0.25, 0.3) is 5.91 Å². The number of carbonyl (C=O) groups excluding carboxylic acids is 1. The van der Waals surface area contributed by atoms with Crippen molar-refractivity contribution in [3.05, 3.63) is 54.6 Å². The van der Waals surface area contributed by atoms with Crippen LogP contribution in [-0.4, -0.2) is 68.6 Å². The highest BCUT2D eigenvalue weighted by Crippen LogP contribution is 2.40. The van der Waals surface area contributed by atoms with E-state index in [-0.39, 0.29) is 22.6 Å². The van der Waals surface area contributed by atoms with Gasteiger partial charge in [-0.15, -0.1) is 11.8 Å². The maximum absolute atomic E-state index is 13.3. The molecule has 0 radical (unpaired) electrons. The smallest absolute Gasteiger partial charge is 0.387 e. The zero-order valence-electron chi connectivity index (χ0n) is 18.7. The molecule has 4 aromatic rings. The highest BCUT2D eigenvalue weighted by atomic mass is 32.2. The van der Waals surface area contributed by atoms with E-state index in [9.17, 15) is 13.6 Å². The summed E-state index contributed by atoms with van der Waals surface area (Å²) in [5.74, 6) is -0.495. The highest BCUT2D eigenvalue weighted by molar-refractivity contribution is 8.00. The number of halogens is 2. The number of nitrogens with one attached hydrogen (secondary N) is 1. The second-order valence-corrected chi connectivity index (χ2v) is 9.65. The van der Waals surface area contributed by atoms with Crippen molar-refractivity contribution in [2.75, 3.05) is 31.7 Å². The molecule has 0 aliphatic carbocycles. The molecule has 13 heteroatoms. The van der Waals surface area contributed by atoms with Gasteiger partial charge in [0.1, 0.15) is 17.0 Å². The number of nitrogens with zero attached hydrogens (tertiary/aromatic N) is 5. The van der Waals surface area contributed by atoms with Crippen molar-refractivity contribution in [1.29, 1.82) is 0 Å². The third-order valence-electron chi connectivity index (χ3n) is 5.83. The molecule has 1 aromatic carbocycles. The van der Waals surface area contributed by atoms with Crippen molar-refractivity contribution in [3.63, 3.8) is 0 Å². The molecule has 0 saturated carbocycles. The first-order valence-corrected chi connectivity index (χ1v) is 12.0. The molecular formula is C23H20F2N6O4S. The molecule has 2 fully saturated rings. The number of carbonyl (C=O) groups is 1. The Labute approximate surface area is 207 Å². The van der Waals surface area contributed by atoms with E-state index >= 15 is 0 Å². The van der Waals surface area contributed by atoms with Crippen molar-refractivity contribution in [3.8, 4) is 17.0 Å². The quantitative estimate of drug-likeness (QED) is 0.381. The molecular weight excluding hydrogens is 494 g/mol. The minimum absolute atomic E-state index is 0.0304. The van der Waals surface area contributed by atoms with Crippen LogP contribution in [0.1, 0.15) is 16.4 Å². The summed E-state index contributed by atoms with van der Waals surface area (Å²) in [6, 6.07) is 6.64. The standard InChI is InChI=1S/C23H20F2N6O4S/c24-23(25)35-19-3-2-14(36-15-11-34-12-15)6-16(19)20-18(8-31(29-20)13-9-33-10-13)28-22(32)17-7-27-30-5-1-4-26-21(17)30/h1-8,13,15,23H,9-12H2,(H,28,32). The zero-order valence-corrected chi connectivity index (χ0v) is 19.5. The summed E-state index contributed by atoms with van der Waals surface area (Å²) in [4.78, 5) is 18.3. The first kappa shape index (κ1) is 22.9. The molecule has 0 spiro atoms. The Kier molecular flexibility index (Phi) is 6.03. The number of benzene rings is 1. The molecule has 5 heterocycles. The van der Waals surface area contributed by atoms with E-state index in [1.807, 2.05) is 0 Å². The lowest BCUT2D eigenvalue weighted by Crippen LogP contribution is -2.30. The molecule has 2 aliphatic rings. The van der Waals surface area contributed by atoms with Crippen LogP contribution < -0.4 is 10.1 Å². The maximum Gasteiger partial charge on any atom is 0.387 e. The first-order valence-electron chi connectivity index (χ1n) is 11.2. The largest absolute Gasteiger partial charge is 0.434 e. The van der Waals surface area contributed by atoms with E-state index in [0.717, 1.165) is 4.90 Å². The number of hydrogen-bond acceptors (Lipinski definition) is 8. The number of ether oxygens (including phenoxy) is 3. The topological polar surface area (TPSA) is 105 Å². The van der Waals surface area contributed by atoms with Crippen LogP contribution in [0, 0.1) is 0 Å². The van der Waals surface area contributed by atoms with Gasteiger partial charge in [-0.25, -0.2) is 9.50 Å². The fourth-order valence-corrected chi connectivity index (χ4v) is 4.91. The molecule has 6 rings (SSSR count). The molecule has 10 nitrogen and oxygen atoms in total. The summed E-state index contributed by atoms with van der Waals surface area (Å²) in [6.45, 7) is -0.844. The van der Waals surface area contributed by atoms with Crippen LogP contribution in [0.3, 0.4) is 0 Å². The van der Waals surface area contributed by atoms with Crippen LogP contribution in [0.25, 0.3) is 16.9 Å². The fraction of sp³-hybridized carbons (Fsp3) is 0.304.